The van der Waals surface area contributed by atoms with Gasteiger partial charge in [0, 0.05) is 6.54 Å². The molecule has 3 heteroatoms. The lowest BCUT2D eigenvalue weighted by Crippen LogP contribution is -2.18. The van der Waals surface area contributed by atoms with E-state index in [0.717, 1.165) is 30.6 Å². The predicted octanol–water partition coefficient (Wildman–Crippen LogP) is 1.81. The summed E-state index contributed by atoms with van der Waals surface area (Å²) >= 11 is 0. The molecule has 0 radical (unpaired) electrons. The van der Waals surface area contributed by atoms with Crippen molar-refractivity contribution in [2.24, 2.45) is 0 Å². The van der Waals surface area contributed by atoms with Gasteiger partial charge in [-0.25, -0.2) is 0 Å². The molecule has 1 aromatic carbocycles. The van der Waals surface area contributed by atoms with Gasteiger partial charge in [-0.1, -0.05) is 18.2 Å². The number of aromatic hydroxyl groups is 2. The first-order chi connectivity index (χ1) is 7.09. The van der Waals surface area contributed by atoms with E-state index < -0.39 is 0 Å². The molecule has 3 N–H and O–H groups in total. The standard InChI is InChI=1S/C12H17NO2/c1-9(2)8-13-6-5-10-3-4-11(14)12(15)7-10/h3-4,7,13-15H,1,5-6,8H2,2H3. The monoisotopic (exact) mass is 207 g/mol. The summed E-state index contributed by atoms with van der Waals surface area (Å²) in [7, 11) is 0. The fourth-order valence-electron chi connectivity index (χ4n) is 1.26. The van der Waals surface area contributed by atoms with Crippen LogP contribution in [-0.4, -0.2) is 23.3 Å². The second kappa shape index (κ2) is 5.41. The molecule has 0 aliphatic rings. The number of phenolic OH excluding ortho intramolecular Hbond substituents is 2. The molecule has 82 valence electrons. The highest BCUT2D eigenvalue weighted by molar-refractivity contribution is 5.40. The lowest BCUT2D eigenvalue weighted by molar-refractivity contribution is 0.403. The Morgan fingerprint density at radius 2 is 2.07 bits per heavy atom. The van der Waals surface area contributed by atoms with E-state index in [1.165, 1.54) is 6.07 Å². The molecule has 0 atom stereocenters. The Morgan fingerprint density at radius 3 is 2.67 bits per heavy atom. The van der Waals surface area contributed by atoms with Gasteiger partial charge in [-0.3, -0.25) is 0 Å². The highest BCUT2D eigenvalue weighted by Gasteiger charge is 1.99. The highest BCUT2D eigenvalue weighted by atomic mass is 16.3. The zero-order valence-corrected chi connectivity index (χ0v) is 8.95. The van der Waals surface area contributed by atoms with Crippen LogP contribution in [-0.2, 0) is 6.42 Å². The van der Waals surface area contributed by atoms with E-state index in [-0.39, 0.29) is 11.5 Å². The summed E-state index contributed by atoms with van der Waals surface area (Å²) in [6.07, 6.45) is 0.821. The number of hydrogen-bond acceptors (Lipinski definition) is 3. The lowest BCUT2D eigenvalue weighted by Gasteiger charge is -2.05. The SMILES string of the molecule is C=C(C)CNCCc1ccc(O)c(O)c1. The quantitative estimate of drug-likeness (QED) is 0.392. The molecule has 1 rings (SSSR count). The van der Waals surface area contributed by atoms with Crippen molar-refractivity contribution in [2.45, 2.75) is 13.3 Å². The second-order valence-corrected chi connectivity index (χ2v) is 3.71. The van der Waals surface area contributed by atoms with Crippen molar-refractivity contribution in [1.82, 2.24) is 5.32 Å². The van der Waals surface area contributed by atoms with Crippen LogP contribution in [0.4, 0.5) is 0 Å². The van der Waals surface area contributed by atoms with Crippen LogP contribution in [0.5, 0.6) is 11.5 Å². The largest absolute Gasteiger partial charge is 0.504 e. The van der Waals surface area contributed by atoms with E-state index >= 15 is 0 Å². The van der Waals surface area contributed by atoms with Crippen molar-refractivity contribution in [3.05, 3.63) is 35.9 Å². The van der Waals surface area contributed by atoms with Crippen molar-refractivity contribution in [2.75, 3.05) is 13.1 Å². The second-order valence-electron chi connectivity index (χ2n) is 3.71. The molecule has 15 heavy (non-hydrogen) atoms. The van der Waals surface area contributed by atoms with Crippen LogP contribution in [0.1, 0.15) is 12.5 Å². The molecule has 0 aromatic heterocycles. The van der Waals surface area contributed by atoms with Crippen LogP contribution in [0.25, 0.3) is 0 Å². The summed E-state index contributed by atoms with van der Waals surface area (Å²) in [5, 5.41) is 21.6. The summed E-state index contributed by atoms with van der Waals surface area (Å²) in [5.74, 6) is -0.138. The normalized spacial score (nSPS) is 10.2. The number of hydrogen-bond donors (Lipinski definition) is 3. The van der Waals surface area contributed by atoms with Gasteiger partial charge in [0.2, 0.25) is 0 Å². The first-order valence-corrected chi connectivity index (χ1v) is 4.95. The molecular weight excluding hydrogens is 190 g/mol. The molecule has 0 saturated heterocycles. The van der Waals surface area contributed by atoms with Crippen molar-refractivity contribution >= 4 is 0 Å². The molecule has 1 aromatic rings. The average molecular weight is 207 g/mol. The third-order valence-electron chi connectivity index (χ3n) is 2.06. The maximum absolute atomic E-state index is 9.26. The van der Waals surface area contributed by atoms with Gasteiger partial charge in [-0.05, 0) is 37.6 Å². The van der Waals surface area contributed by atoms with Crippen LogP contribution < -0.4 is 5.32 Å². The Morgan fingerprint density at radius 1 is 1.33 bits per heavy atom. The summed E-state index contributed by atoms with van der Waals surface area (Å²) in [6, 6.07) is 4.89. The van der Waals surface area contributed by atoms with E-state index in [2.05, 4.69) is 11.9 Å². The molecule has 0 bridgehead atoms. The van der Waals surface area contributed by atoms with Crippen LogP contribution in [0.15, 0.2) is 30.4 Å². The Hall–Kier alpha value is -1.48. The minimum Gasteiger partial charge on any atom is -0.504 e. The van der Waals surface area contributed by atoms with Gasteiger partial charge < -0.3 is 15.5 Å². The third kappa shape index (κ3) is 4.04. The Bertz CT molecular complexity index is 347. The zero-order chi connectivity index (χ0) is 11.3. The molecule has 0 heterocycles. The summed E-state index contributed by atoms with van der Waals surface area (Å²) in [6.45, 7) is 7.40. The van der Waals surface area contributed by atoms with E-state index in [9.17, 15) is 5.11 Å². The number of rotatable bonds is 5. The number of phenols is 2. The van der Waals surface area contributed by atoms with Gasteiger partial charge in [0.25, 0.3) is 0 Å². The van der Waals surface area contributed by atoms with Gasteiger partial charge in [0.05, 0.1) is 0 Å². The predicted molar refractivity (Wildman–Crippen MR) is 61.2 cm³/mol. The molecule has 0 saturated carbocycles. The molecular formula is C12H17NO2. The van der Waals surface area contributed by atoms with Crippen molar-refractivity contribution < 1.29 is 10.2 Å². The minimum absolute atomic E-state index is 0.0626. The topological polar surface area (TPSA) is 52.5 Å². The average Bonchev–Trinajstić information content (AvgIpc) is 2.18. The maximum Gasteiger partial charge on any atom is 0.157 e. The summed E-state index contributed by atoms with van der Waals surface area (Å²) < 4.78 is 0. The molecule has 0 unspecified atom stereocenters. The van der Waals surface area contributed by atoms with Gasteiger partial charge in [0.15, 0.2) is 11.5 Å². The van der Waals surface area contributed by atoms with E-state index in [0.29, 0.717) is 0 Å². The van der Waals surface area contributed by atoms with Gasteiger partial charge in [-0.15, -0.1) is 0 Å². The highest BCUT2D eigenvalue weighted by Crippen LogP contribution is 2.24. The number of nitrogens with one attached hydrogen (secondary N) is 1. The van der Waals surface area contributed by atoms with Crippen LogP contribution >= 0.6 is 0 Å². The lowest BCUT2D eigenvalue weighted by atomic mass is 10.1. The summed E-state index contributed by atoms with van der Waals surface area (Å²) in [5.41, 5.74) is 2.10. The fraction of sp³-hybridized carbons (Fsp3) is 0.333. The molecule has 0 fully saturated rings. The fourth-order valence-corrected chi connectivity index (χ4v) is 1.26. The van der Waals surface area contributed by atoms with Gasteiger partial charge in [-0.2, -0.15) is 0 Å². The Labute approximate surface area is 90.1 Å². The van der Waals surface area contributed by atoms with Gasteiger partial charge >= 0.3 is 0 Å². The number of benzene rings is 1. The van der Waals surface area contributed by atoms with Crippen LogP contribution in [0.2, 0.25) is 0 Å². The van der Waals surface area contributed by atoms with Crippen molar-refractivity contribution in [3.63, 3.8) is 0 Å². The first kappa shape index (κ1) is 11.6. The Kier molecular flexibility index (Phi) is 4.18. The van der Waals surface area contributed by atoms with E-state index in [1.807, 2.05) is 6.92 Å². The van der Waals surface area contributed by atoms with Crippen molar-refractivity contribution in [1.29, 1.82) is 0 Å². The molecule has 0 aliphatic heterocycles. The maximum atomic E-state index is 9.26. The zero-order valence-electron chi connectivity index (χ0n) is 8.95. The minimum atomic E-state index is -0.0753. The summed E-state index contributed by atoms with van der Waals surface area (Å²) in [4.78, 5) is 0. The van der Waals surface area contributed by atoms with E-state index in [1.54, 1.807) is 12.1 Å². The van der Waals surface area contributed by atoms with Gasteiger partial charge in [0.1, 0.15) is 0 Å². The van der Waals surface area contributed by atoms with Crippen LogP contribution in [0, 0.1) is 0 Å². The molecule has 0 amide bonds. The van der Waals surface area contributed by atoms with E-state index in [4.69, 9.17) is 5.11 Å². The smallest absolute Gasteiger partial charge is 0.157 e. The molecule has 0 aliphatic carbocycles. The van der Waals surface area contributed by atoms with Crippen LogP contribution in [0.3, 0.4) is 0 Å². The Balaban J connectivity index is 2.38. The molecule has 0 spiro atoms. The molecule has 3 nitrogen and oxygen atoms in total. The van der Waals surface area contributed by atoms with Crippen molar-refractivity contribution in [3.8, 4) is 11.5 Å². The third-order valence-corrected chi connectivity index (χ3v) is 2.06. The first-order valence-electron chi connectivity index (χ1n) is 4.95.